The lowest BCUT2D eigenvalue weighted by Crippen LogP contribution is -2.51. The molecule has 88 valence electrons. The van der Waals surface area contributed by atoms with Crippen molar-refractivity contribution in [2.24, 2.45) is 0 Å². The highest BCUT2D eigenvalue weighted by molar-refractivity contribution is 7.90. The van der Waals surface area contributed by atoms with E-state index in [0.29, 0.717) is 39.3 Å². The Hall–Kier alpha value is -0.210. The molecule has 0 bridgehead atoms. The Morgan fingerprint density at radius 3 is 2.67 bits per heavy atom. The highest BCUT2D eigenvalue weighted by atomic mass is 32.2. The Bertz CT molecular complexity index is 294. The Balaban J connectivity index is 1.90. The third-order valence-electron chi connectivity index (χ3n) is 2.72. The van der Waals surface area contributed by atoms with Crippen molar-refractivity contribution in [2.75, 3.05) is 39.4 Å². The first-order valence-corrected chi connectivity index (χ1v) is 6.78. The fourth-order valence-electron chi connectivity index (χ4n) is 1.80. The van der Waals surface area contributed by atoms with Gasteiger partial charge < -0.3 is 10.1 Å². The van der Waals surface area contributed by atoms with Crippen LogP contribution in [0.3, 0.4) is 0 Å². The molecule has 0 aliphatic carbocycles. The van der Waals surface area contributed by atoms with E-state index in [0.717, 1.165) is 6.54 Å². The normalized spacial score (nSPS) is 29.5. The van der Waals surface area contributed by atoms with Gasteiger partial charge in [-0.1, -0.05) is 0 Å². The quantitative estimate of drug-likeness (QED) is 0.624. The highest BCUT2D eigenvalue weighted by Crippen LogP contribution is 2.09. The number of hydrogen-bond donors (Lipinski definition) is 2. The van der Waals surface area contributed by atoms with Crippen LogP contribution >= 0.6 is 0 Å². The predicted octanol–water partition coefficient (Wildman–Crippen LogP) is -1.49. The number of hydrogen-bond acceptors (Lipinski definition) is 5. The Labute approximate surface area is 90.0 Å². The van der Waals surface area contributed by atoms with Crippen LogP contribution in [0.2, 0.25) is 0 Å². The molecule has 0 radical (unpaired) electrons. The van der Waals surface area contributed by atoms with Crippen molar-refractivity contribution in [1.82, 2.24) is 15.2 Å². The van der Waals surface area contributed by atoms with Crippen LogP contribution in [0.15, 0.2) is 0 Å². The van der Waals surface area contributed by atoms with Crippen molar-refractivity contribution in [2.45, 2.75) is 11.7 Å². The summed E-state index contributed by atoms with van der Waals surface area (Å²) in [6.45, 7) is 3.77. The Morgan fingerprint density at radius 1 is 1.33 bits per heavy atom. The van der Waals surface area contributed by atoms with Gasteiger partial charge in [0, 0.05) is 19.6 Å². The van der Waals surface area contributed by atoms with E-state index < -0.39 is 10.0 Å². The lowest BCUT2D eigenvalue weighted by molar-refractivity contribution is 0.0271. The van der Waals surface area contributed by atoms with Gasteiger partial charge in [0.1, 0.15) is 0 Å². The maximum atomic E-state index is 11.9. The minimum Gasteiger partial charge on any atom is -0.379 e. The second kappa shape index (κ2) is 4.75. The zero-order valence-corrected chi connectivity index (χ0v) is 9.42. The first-order valence-electron chi connectivity index (χ1n) is 5.23. The van der Waals surface area contributed by atoms with Gasteiger partial charge in [-0.2, -0.15) is 0 Å². The molecule has 0 aromatic carbocycles. The summed E-state index contributed by atoms with van der Waals surface area (Å²) in [6.07, 6.45) is 0.694. The molecule has 1 unspecified atom stereocenters. The largest absolute Gasteiger partial charge is 0.379 e. The summed E-state index contributed by atoms with van der Waals surface area (Å²) in [4.78, 5) is 2.62. The van der Waals surface area contributed by atoms with Crippen LogP contribution in [0.1, 0.15) is 6.42 Å². The molecule has 2 rings (SSSR count). The molecule has 2 heterocycles. The molecule has 1 atom stereocenters. The lowest BCUT2D eigenvalue weighted by atomic mass is 10.4. The monoisotopic (exact) mass is 235 g/mol. The summed E-state index contributed by atoms with van der Waals surface area (Å²) in [5.41, 5.74) is 0. The van der Waals surface area contributed by atoms with Crippen molar-refractivity contribution < 1.29 is 13.2 Å². The topological polar surface area (TPSA) is 70.7 Å². The van der Waals surface area contributed by atoms with E-state index in [1.165, 1.54) is 0 Å². The van der Waals surface area contributed by atoms with Crippen molar-refractivity contribution in [3.63, 3.8) is 0 Å². The van der Waals surface area contributed by atoms with Crippen molar-refractivity contribution in [3.8, 4) is 0 Å². The third-order valence-corrected chi connectivity index (χ3v) is 4.51. The zero-order chi connectivity index (χ0) is 10.7. The van der Waals surface area contributed by atoms with E-state index in [4.69, 9.17) is 4.74 Å². The van der Waals surface area contributed by atoms with Crippen molar-refractivity contribution in [1.29, 1.82) is 0 Å². The number of nitrogens with one attached hydrogen (secondary N) is 2. The molecule has 2 saturated heterocycles. The molecule has 0 aromatic heterocycles. The predicted molar refractivity (Wildman–Crippen MR) is 55.7 cm³/mol. The van der Waals surface area contributed by atoms with E-state index >= 15 is 0 Å². The SMILES string of the molecule is O=S(=O)(NN1CCOCC1)C1CCNC1. The standard InChI is InChI=1S/C8H17N3O3S/c12-15(13,8-1-2-9-7-8)10-11-3-5-14-6-4-11/h8-10H,1-7H2. The number of hydrazine groups is 1. The summed E-state index contributed by atoms with van der Waals surface area (Å²) in [6, 6.07) is 0. The lowest BCUT2D eigenvalue weighted by Gasteiger charge is -2.27. The van der Waals surface area contributed by atoms with Gasteiger partial charge in [0.2, 0.25) is 10.0 Å². The van der Waals surface area contributed by atoms with Gasteiger partial charge >= 0.3 is 0 Å². The van der Waals surface area contributed by atoms with E-state index in [1.54, 1.807) is 5.01 Å². The summed E-state index contributed by atoms with van der Waals surface area (Å²) in [5.74, 6) is 0. The highest BCUT2D eigenvalue weighted by Gasteiger charge is 2.30. The molecular weight excluding hydrogens is 218 g/mol. The second-order valence-electron chi connectivity index (χ2n) is 3.85. The molecule has 15 heavy (non-hydrogen) atoms. The fraction of sp³-hybridized carbons (Fsp3) is 1.00. The molecule has 2 aliphatic heterocycles. The first-order chi connectivity index (χ1) is 7.18. The van der Waals surface area contributed by atoms with Crippen LogP contribution < -0.4 is 10.1 Å². The number of nitrogens with zero attached hydrogens (tertiary/aromatic N) is 1. The minimum atomic E-state index is -3.20. The van der Waals surface area contributed by atoms with Crippen LogP contribution in [-0.2, 0) is 14.8 Å². The molecule has 6 nitrogen and oxygen atoms in total. The van der Waals surface area contributed by atoms with Gasteiger partial charge in [0.05, 0.1) is 18.5 Å². The molecule has 7 heteroatoms. The molecular formula is C8H17N3O3S. The number of sulfonamides is 1. The Morgan fingerprint density at radius 2 is 2.07 bits per heavy atom. The van der Waals surface area contributed by atoms with Crippen LogP contribution in [0.4, 0.5) is 0 Å². The van der Waals surface area contributed by atoms with Gasteiger partial charge in [0.15, 0.2) is 0 Å². The molecule has 0 amide bonds. The number of rotatable bonds is 3. The van der Waals surface area contributed by atoms with E-state index in [2.05, 4.69) is 10.1 Å². The van der Waals surface area contributed by atoms with Crippen LogP contribution in [0, 0.1) is 0 Å². The maximum Gasteiger partial charge on any atom is 0.228 e. The Kier molecular flexibility index (Phi) is 3.57. The van der Waals surface area contributed by atoms with Gasteiger partial charge in [-0.3, -0.25) is 0 Å². The van der Waals surface area contributed by atoms with Gasteiger partial charge in [-0.25, -0.2) is 13.4 Å². The van der Waals surface area contributed by atoms with Crippen LogP contribution in [0.25, 0.3) is 0 Å². The fourth-order valence-corrected chi connectivity index (χ4v) is 3.26. The average Bonchev–Trinajstić information content (AvgIpc) is 2.71. The first kappa shape index (κ1) is 11.3. The smallest absolute Gasteiger partial charge is 0.228 e. The molecule has 2 N–H and O–H groups in total. The van der Waals surface area contributed by atoms with E-state index in [-0.39, 0.29) is 5.25 Å². The van der Waals surface area contributed by atoms with Gasteiger partial charge in [-0.15, -0.1) is 4.83 Å². The second-order valence-corrected chi connectivity index (χ2v) is 5.79. The molecule has 0 aromatic rings. The summed E-state index contributed by atoms with van der Waals surface area (Å²) >= 11 is 0. The van der Waals surface area contributed by atoms with Crippen molar-refractivity contribution >= 4 is 10.0 Å². The summed E-state index contributed by atoms with van der Waals surface area (Å²) < 4.78 is 28.9. The third kappa shape index (κ3) is 2.88. The van der Waals surface area contributed by atoms with Crippen molar-refractivity contribution in [3.05, 3.63) is 0 Å². The molecule has 2 aliphatic rings. The molecule has 0 spiro atoms. The zero-order valence-electron chi connectivity index (χ0n) is 8.61. The molecule has 2 fully saturated rings. The summed E-state index contributed by atoms with van der Waals surface area (Å²) in [7, 11) is -3.20. The maximum absolute atomic E-state index is 11.9. The van der Waals surface area contributed by atoms with Gasteiger partial charge in [0.25, 0.3) is 0 Å². The van der Waals surface area contributed by atoms with Gasteiger partial charge in [-0.05, 0) is 13.0 Å². The van der Waals surface area contributed by atoms with Crippen LogP contribution in [-0.4, -0.2) is 58.1 Å². The number of ether oxygens (including phenoxy) is 1. The average molecular weight is 235 g/mol. The number of morpholine rings is 1. The molecule has 0 saturated carbocycles. The van der Waals surface area contributed by atoms with Crippen LogP contribution in [0.5, 0.6) is 0 Å². The summed E-state index contributed by atoms with van der Waals surface area (Å²) in [5, 5.41) is 4.48. The minimum absolute atomic E-state index is 0.291. The van der Waals surface area contributed by atoms with E-state index in [9.17, 15) is 8.42 Å². The van der Waals surface area contributed by atoms with E-state index in [1.807, 2.05) is 0 Å².